The van der Waals surface area contributed by atoms with Gasteiger partial charge in [-0.25, -0.2) is 0 Å². The van der Waals surface area contributed by atoms with Crippen LogP contribution in [0.25, 0.3) is 0 Å². The van der Waals surface area contributed by atoms with Crippen molar-refractivity contribution < 1.29 is 14.3 Å². The molecule has 0 aliphatic carbocycles. The first-order valence-electron chi connectivity index (χ1n) is 7.36. The van der Waals surface area contributed by atoms with Crippen molar-refractivity contribution in [2.24, 2.45) is 0 Å². The quantitative estimate of drug-likeness (QED) is 0.780. The lowest BCUT2D eigenvalue weighted by atomic mass is 10.0. The van der Waals surface area contributed by atoms with Crippen molar-refractivity contribution in [3.8, 4) is 5.75 Å². The monoisotopic (exact) mass is 290 g/mol. The van der Waals surface area contributed by atoms with E-state index in [9.17, 15) is 9.59 Å². The second-order valence-electron chi connectivity index (χ2n) is 5.26. The molecule has 1 aromatic carbocycles. The van der Waals surface area contributed by atoms with Crippen molar-refractivity contribution in [2.75, 3.05) is 20.2 Å². The number of ketones is 1. The summed E-state index contributed by atoms with van der Waals surface area (Å²) in [6.07, 6.45) is 2.56. The maximum atomic E-state index is 12.0. The number of carbonyl (C=O) groups is 2. The zero-order valence-corrected chi connectivity index (χ0v) is 12.4. The number of carbonyl (C=O) groups excluding carboxylic acids is 2. The summed E-state index contributed by atoms with van der Waals surface area (Å²) in [5.74, 6) is 0.647. The summed E-state index contributed by atoms with van der Waals surface area (Å²) in [5, 5.41) is 6.22. The molecule has 1 saturated heterocycles. The van der Waals surface area contributed by atoms with E-state index in [4.69, 9.17) is 4.74 Å². The molecule has 1 unspecified atom stereocenters. The van der Waals surface area contributed by atoms with Crippen molar-refractivity contribution in [3.63, 3.8) is 0 Å². The van der Waals surface area contributed by atoms with Crippen molar-refractivity contribution in [2.45, 2.75) is 31.7 Å². The van der Waals surface area contributed by atoms with Gasteiger partial charge in [0.25, 0.3) is 0 Å². The first-order chi connectivity index (χ1) is 10.2. The Hall–Kier alpha value is -1.88. The molecular weight excluding hydrogens is 268 g/mol. The van der Waals surface area contributed by atoms with Crippen LogP contribution >= 0.6 is 0 Å². The SMILES string of the molecule is COc1ccc(C(=O)CCC(=O)NC2CCCNC2)cc1. The number of ether oxygens (including phenoxy) is 1. The number of hydrogen-bond acceptors (Lipinski definition) is 4. The Morgan fingerprint density at radius 3 is 2.67 bits per heavy atom. The molecule has 1 heterocycles. The molecule has 0 bridgehead atoms. The molecule has 1 aromatic rings. The second kappa shape index (κ2) is 7.78. The van der Waals surface area contributed by atoms with Crippen LogP contribution in [-0.4, -0.2) is 37.9 Å². The molecule has 114 valence electrons. The van der Waals surface area contributed by atoms with Crippen LogP contribution in [0.15, 0.2) is 24.3 Å². The average Bonchev–Trinajstić information content (AvgIpc) is 2.53. The van der Waals surface area contributed by atoms with Gasteiger partial charge in [0.1, 0.15) is 5.75 Å². The van der Waals surface area contributed by atoms with E-state index < -0.39 is 0 Å². The van der Waals surface area contributed by atoms with Gasteiger partial charge < -0.3 is 15.4 Å². The Bertz CT molecular complexity index is 479. The molecule has 0 aromatic heterocycles. The van der Waals surface area contributed by atoms with Gasteiger partial charge in [0.15, 0.2) is 5.78 Å². The van der Waals surface area contributed by atoms with Gasteiger partial charge in [0.05, 0.1) is 7.11 Å². The number of piperidine rings is 1. The number of nitrogens with one attached hydrogen (secondary N) is 2. The molecule has 0 radical (unpaired) electrons. The number of methoxy groups -OCH3 is 1. The van der Waals surface area contributed by atoms with E-state index in [-0.39, 0.29) is 30.6 Å². The third kappa shape index (κ3) is 4.86. The summed E-state index contributed by atoms with van der Waals surface area (Å²) in [7, 11) is 1.58. The topological polar surface area (TPSA) is 67.4 Å². The van der Waals surface area contributed by atoms with E-state index in [1.165, 1.54) is 0 Å². The molecule has 5 nitrogen and oxygen atoms in total. The van der Waals surface area contributed by atoms with Gasteiger partial charge in [-0.3, -0.25) is 9.59 Å². The normalized spacial score (nSPS) is 18.0. The van der Waals surface area contributed by atoms with E-state index in [1.54, 1.807) is 31.4 Å². The van der Waals surface area contributed by atoms with Crippen molar-refractivity contribution in [1.82, 2.24) is 10.6 Å². The van der Waals surface area contributed by atoms with Crippen LogP contribution in [0.2, 0.25) is 0 Å². The fourth-order valence-corrected chi connectivity index (χ4v) is 2.42. The molecule has 1 atom stereocenters. The van der Waals surface area contributed by atoms with Gasteiger partial charge >= 0.3 is 0 Å². The molecular formula is C16H22N2O3. The lowest BCUT2D eigenvalue weighted by Gasteiger charge is -2.23. The molecule has 1 aliphatic heterocycles. The van der Waals surface area contributed by atoms with Gasteiger partial charge in [0.2, 0.25) is 5.91 Å². The molecule has 1 amide bonds. The minimum atomic E-state index is -0.0504. The van der Waals surface area contributed by atoms with Crippen LogP contribution in [0.1, 0.15) is 36.0 Å². The average molecular weight is 290 g/mol. The van der Waals surface area contributed by atoms with Gasteiger partial charge in [-0.15, -0.1) is 0 Å². The molecule has 2 N–H and O–H groups in total. The van der Waals surface area contributed by atoms with Crippen LogP contribution in [-0.2, 0) is 4.79 Å². The maximum Gasteiger partial charge on any atom is 0.220 e. The van der Waals surface area contributed by atoms with Crippen LogP contribution in [0.5, 0.6) is 5.75 Å². The fraction of sp³-hybridized carbons (Fsp3) is 0.500. The standard InChI is InChI=1S/C16H22N2O3/c1-21-14-6-4-12(5-7-14)15(19)8-9-16(20)18-13-3-2-10-17-11-13/h4-7,13,17H,2-3,8-11H2,1H3,(H,18,20). The van der Waals surface area contributed by atoms with Crippen molar-refractivity contribution in [1.29, 1.82) is 0 Å². The number of hydrogen-bond donors (Lipinski definition) is 2. The van der Waals surface area contributed by atoms with Crippen LogP contribution in [0.4, 0.5) is 0 Å². The van der Waals surface area contributed by atoms with Gasteiger partial charge in [-0.1, -0.05) is 0 Å². The first kappa shape index (κ1) is 15.5. The number of Topliss-reactive ketones (excluding diaryl/α,β-unsaturated/α-hetero) is 1. The lowest BCUT2D eigenvalue weighted by molar-refractivity contribution is -0.121. The van der Waals surface area contributed by atoms with Gasteiger partial charge in [-0.2, -0.15) is 0 Å². The minimum Gasteiger partial charge on any atom is -0.497 e. The number of amides is 1. The molecule has 0 spiro atoms. The highest BCUT2D eigenvalue weighted by molar-refractivity contribution is 5.98. The van der Waals surface area contributed by atoms with Crippen LogP contribution in [0, 0.1) is 0 Å². The van der Waals surface area contributed by atoms with E-state index in [1.807, 2.05) is 0 Å². The van der Waals surface area contributed by atoms with Gasteiger partial charge in [0, 0.05) is 31.0 Å². The minimum absolute atomic E-state index is 0.0189. The fourth-order valence-electron chi connectivity index (χ4n) is 2.42. The van der Waals surface area contributed by atoms with E-state index >= 15 is 0 Å². The third-order valence-electron chi connectivity index (χ3n) is 3.65. The number of benzene rings is 1. The molecule has 1 aliphatic rings. The van der Waals surface area contributed by atoms with E-state index in [2.05, 4.69) is 10.6 Å². The first-order valence-corrected chi connectivity index (χ1v) is 7.36. The zero-order valence-electron chi connectivity index (χ0n) is 12.4. The smallest absolute Gasteiger partial charge is 0.220 e. The molecule has 2 rings (SSSR count). The Labute approximate surface area is 125 Å². The predicted octanol–water partition coefficient (Wildman–Crippen LogP) is 1.53. The zero-order chi connectivity index (χ0) is 15.1. The van der Waals surface area contributed by atoms with E-state index in [0.717, 1.165) is 25.9 Å². The molecule has 0 saturated carbocycles. The maximum absolute atomic E-state index is 12.0. The van der Waals surface area contributed by atoms with Gasteiger partial charge in [-0.05, 0) is 43.7 Å². The highest BCUT2D eigenvalue weighted by atomic mass is 16.5. The Morgan fingerprint density at radius 2 is 2.05 bits per heavy atom. The second-order valence-corrected chi connectivity index (χ2v) is 5.26. The van der Waals surface area contributed by atoms with Crippen LogP contribution < -0.4 is 15.4 Å². The largest absolute Gasteiger partial charge is 0.497 e. The number of rotatable bonds is 6. The predicted molar refractivity (Wildman–Crippen MR) is 80.6 cm³/mol. The third-order valence-corrected chi connectivity index (χ3v) is 3.65. The Kier molecular flexibility index (Phi) is 5.75. The summed E-state index contributed by atoms with van der Waals surface area (Å²) >= 11 is 0. The lowest BCUT2D eigenvalue weighted by Crippen LogP contribution is -2.45. The Balaban J connectivity index is 1.75. The van der Waals surface area contributed by atoms with Crippen LogP contribution in [0.3, 0.4) is 0 Å². The summed E-state index contributed by atoms with van der Waals surface area (Å²) in [5.41, 5.74) is 0.614. The highest BCUT2D eigenvalue weighted by Crippen LogP contribution is 2.13. The highest BCUT2D eigenvalue weighted by Gasteiger charge is 2.16. The molecule has 21 heavy (non-hydrogen) atoms. The summed E-state index contributed by atoms with van der Waals surface area (Å²) in [4.78, 5) is 23.8. The van der Waals surface area contributed by atoms with E-state index in [0.29, 0.717) is 11.3 Å². The molecule has 5 heteroatoms. The summed E-state index contributed by atoms with van der Waals surface area (Å²) in [6.45, 7) is 1.83. The molecule has 1 fully saturated rings. The van der Waals surface area contributed by atoms with Crippen molar-refractivity contribution >= 4 is 11.7 Å². The summed E-state index contributed by atoms with van der Waals surface area (Å²) in [6, 6.07) is 7.15. The Morgan fingerprint density at radius 1 is 1.29 bits per heavy atom. The van der Waals surface area contributed by atoms with Crippen molar-refractivity contribution in [3.05, 3.63) is 29.8 Å². The summed E-state index contributed by atoms with van der Waals surface area (Å²) < 4.78 is 5.05.